The highest BCUT2D eigenvalue weighted by atomic mass is 19.1. The average Bonchev–Trinajstić information content (AvgIpc) is 2.69. The minimum Gasteiger partial charge on any atom is -0.490 e. The number of hydrogen-bond donors (Lipinski definition) is 1. The first-order valence-corrected chi connectivity index (χ1v) is 9.11. The van der Waals surface area contributed by atoms with E-state index in [1.54, 1.807) is 43.4 Å². The molecule has 2 aromatic carbocycles. The van der Waals surface area contributed by atoms with Crippen LogP contribution in [0.15, 0.2) is 42.5 Å². The Balaban J connectivity index is 1.96. The van der Waals surface area contributed by atoms with Crippen LogP contribution >= 0.6 is 0 Å². The van der Waals surface area contributed by atoms with E-state index in [2.05, 4.69) is 5.32 Å². The second-order valence-corrected chi connectivity index (χ2v) is 6.05. The quantitative estimate of drug-likeness (QED) is 0.717. The van der Waals surface area contributed by atoms with Crippen molar-refractivity contribution in [2.45, 2.75) is 20.4 Å². The summed E-state index contributed by atoms with van der Waals surface area (Å²) in [5.74, 6) is -0.0742. The fourth-order valence-electron chi connectivity index (χ4n) is 2.56. The molecule has 0 radical (unpaired) electrons. The van der Waals surface area contributed by atoms with Crippen molar-refractivity contribution >= 4 is 11.8 Å². The van der Waals surface area contributed by atoms with Crippen molar-refractivity contribution in [3.8, 4) is 11.5 Å². The molecule has 0 spiro atoms. The van der Waals surface area contributed by atoms with E-state index in [9.17, 15) is 14.0 Å². The molecule has 2 rings (SSSR count). The van der Waals surface area contributed by atoms with Crippen LogP contribution in [0.4, 0.5) is 4.39 Å². The first-order chi connectivity index (χ1) is 13.5. The number of likely N-dealkylation sites (N-methyl/N-ethyl adjacent to an activating group) is 1. The second kappa shape index (κ2) is 10.3. The summed E-state index contributed by atoms with van der Waals surface area (Å²) in [5.41, 5.74) is 0.772. The summed E-state index contributed by atoms with van der Waals surface area (Å²) in [6.07, 6.45) is 0. The van der Waals surface area contributed by atoms with Crippen LogP contribution in [0.5, 0.6) is 11.5 Å². The Morgan fingerprint density at radius 1 is 1.04 bits per heavy atom. The maximum Gasteiger partial charge on any atom is 0.251 e. The van der Waals surface area contributed by atoms with Gasteiger partial charge < -0.3 is 19.7 Å². The van der Waals surface area contributed by atoms with Gasteiger partial charge in [-0.05, 0) is 38.1 Å². The van der Waals surface area contributed by atoms with Crippen LogP contribution in [0.25, 0.3) is 0 Å². The molecule has 0 fully saturated rings. The zero-order chi connectivity index (χ0) is 20.5. The molecule has 0 saturated carbocycles. The number of benzene rings is 2. The number of ether oxygens (including phenoxy) is 2. The van der Waals surface area contributed by atoms with E-state index < -0.39 is 5.91 Å². The van der Waals surface area contributed by atoms with Gasteiger partial charge in [-0.1, -0.05) is 18.2 Å². The van der Waals surface area contributed by atoms with Gasteiger partial charge >= 0.3 is 0 Å². The van der Waals surface area contributed by atoms with E-state index in [0.717, 1.165) is 0 Å². The van der Waals surface area contributed by atoms with E-state index >= 15 is 0 Å². The summed E-state index contributed by atoms with van der Waals surface area (Å²) < 4.78 is 24.7. The molecule has 0 unspecified atom stereocenters. The van der Waals surface area contributed by atoms with E-state index in [-0.39, 0.29) is 24.8 Å². The fourth-order valence-corrected chi connectivity index (χ4v) is 2.56. The smallest absolute Gasteiger partial charge is 0.251 e. The van der Waals surface area contributed by atoms with Crippen molar-refractivity contribution in [1.29, 1.82) is 0 Å². The third-order valence-corrected chi connectivity index (χ3v) is 4.00. The Hall–Kier alpha value is -3.09. The van der Waals surface area contributed by atoms with E-state index in [0.29, 0.717) is 35.8 Å². The largest absolute Gasteiger partial charge is 0.490 e. The number of nitrogens with one attached hydrogen (secondary N) is 1. The van der Waals surface area contributed by atoms with Crippen LogP contribution in [-0.4, -0.2) is 43.5 Å². The summed E-state index contributed by atoms with van der Waals surface area (Å²) in [6, 6.07) is 11.1. The lowest BCUT2D eigenvalue weighted by Gasteiger charge is -2.18. The van der Waals surface area contributed by atoms with Gasteiger partial charge in [0.2, 0.25) is 5.91 Å². The molecule has 0 heterocycles. The van der Waals surface area contributed by atoms with Gasteiger partial charge in [-0.15, -0.1) is 0 Å². The number of amides is 2. The Morgan fingerprint density at radius 2 is 1.71 bits per heavy atom. The Bertz CT molecular complexity index is 826. The summed E-state index contributed by atoms with van der Waals surface area (Å²) in [4.78, 5) is 26.0. The molecule has 0 aromatic heterocycles. The van der Waals surface area contributed by atoms with Gasteiger partial charge in [-0.2, -0.15) is 0 Å². The molecule has 0 aliphatic carbocycles. The maximum atomic E-state index is 13.7. The highest BCUT2D eigenvalue weighted by molar-refractivity contribution is 5.97. The molecule has 28 heavy (non-hydrogen) atoms. The first-order valence-electron chi connectivity index (χ1n) is 9.11. The monoisotopic (exact) mass is 388 g/mol. The van der Waals surface area contributed by atoms with Gasteiger partial charge in [-0.3, -0.25) is 9.59 Å². The molecular formula is C21H25FN2O4. The third-order valence-electron chi connectivity index (χ3n) is 4.00. The lowest BCUT2D eigenvalue weighted by atomic mass is 10.2. The van der Waals surface area contributed by atoms with Crippen LogP contribution in [0.1, 0.15) is 29.8 Å². The van der Waals surface area contributed by atoms with Gasteiger partial charge in [0.25, 0.3) is 5.91 Å². The first kappa shape index (κ1) is 21.2. The van der Waals surface area contributed by atoms with E-state index in [1.807, 2.05) is 13.8 Å². The second-order valence-electron chi connectivity index (χ2n) is 6.05. The number of carbonyl (C=O) groups is 2. The molecule has 6 nitrogen and oxygen atoms in total. The SMILES string of the molecule is CCOc1ccc(C(=O)NCC(=O)N(C)Cc2ccccc2F)cc1OCC. The highest BCUT2D eigenvalue weighted by Crippen LogP contribution is 2.28. The predicted molar refractivity (Wildman–Crippen MR) is 104 cm³/mol. The predicted octanol–water partition coefficient (Wildman–Crippen LogP) is 3.01. The number of halogens is 1. The van der Waals surface area contributed by atoms with E-state index in [1.165, 1.54) is 11.0 Å². The van der Waals surface area contributed by atoms with Crippen molar-refractivity contribution in [3.05, 3.63) is 59.4 Å². The number of nitrogens with zero attached hydrogens (tertiary/aromatic N) is 1. The third kappa shape index (κ3) is 5.70. The van der Waals surface area contributed by atoms with Gasteiger partial charge in [0.05, 0.1) is 19.8 Å². The summed E-state index contributed by atoms with van der Waals surface area (Å²) in [5, 5.41) is 2.58. The van der Waals surface area contributed by atoms with Crippen molar-refractivity contribution in [2.24, 2.45) is 0 Å². The standard InChI is InChI=1S/C21H25FN2O4/c1-4-27-18-11-10-15(12-19(18)28-5-2)21(26)23-13-20(25)24(3)14-16-8-6-7-9-17(16)22/h6-12H,4-5,13-14H2,1-3H3,(H,23,26). The summed E-state index contributed by atoms with van der Waals surface area (Å²) in [7, 11) is 1.56. The molecule has 0 atom stereocenters. The van der Waals surface area contributed by atoms with E-state index in [4.69, 9.17) is 9.47 Å². The number of hydrogen-bond acceptors (Lipinski definition) is 4. The zero-order valence-corrected chi connectivity index (χ0v) is 16.3. The number of carbonyl (C=O) groups excluding carboxylic acids is 2. The molecule has 0 saturated heterocycles. The zero-order valence-electron chi connectivity index (χ0n) is 16.3. The fraction of sp³-hybridized carbons (Fsp3) is 0.333. The minimum atomic E-state index is -0.406. The van der Waals surface area contributed by atoms with Crippen LogP contribution in [-0.2, 0) is 11.3 Å². The normalized spacial score (nSPS) is 10.3. The Labute approximate surface area is 164 Å². The molecule has 1 N–H and O–H groups in total. The topological polar surface area (TPSA) is 67.9 Å². The average molecular weight is 388 g/mol. The molecule has 0 aliphatic rings. The van der Waals surface area contributed by atoms with Gasteiger partial charge in [0.15, 0.2) is 11.5 Å². The van der Waals surface area contributed by atoms with Crippen molar-refractivity contribution in [3.63, 3.8) is 0 Å². The minimum absolute atomic E-state index is 0.124. The molecule has 0 aliphatic heterocycles. The highest BCUT2D eigenvalue weighted by Gasteiger charge is 2.15. The van der Waals surface area contributed by atoms with Crippen LogP contribution < -0.4 is 14.8 Å². The maximum absolute atomic E-state index is 13.7. The molecular weight excluding hydrogens is 363 g/mol. The lowest BCUT2D eigenvalue weighted by molar-refractivity contribution is -0.129. The van der Waals surface area contributed by atoms with Crippen molar-refractivity contribution in [2.75, 3.05) is 26.8 Å². The molecule has 150 valence electrons. The van der Waals surface area contributed by atoms with Gasteiger partial charge in [0, 0.05) is 24.7 Å². The van der Waals surface area contributed by atoms with Crippen molar-refractivity contribution in [1.82, 2.24) is 10.2 Å². The van der Waals surface area contributed by atoms with Gasteiger partial charge in [-0.25, -0.2) is 4.39 Å². The Morgan fingerprint density at radius 3 is 2.39 bits per heavy atom. The van der Waals surface area contributed by atoms with Crippen LogP contribution in [0.2, 0.25) is 0 Å². The van der Waals surface area contributed by atoms with Crippen molar-refractivity contribution < 1.29 is 23.5 Å². The lowest BCUT2D eigenvalue weighted by Crippen LogP contribution is -2.38. The van der Waals surface area contributed by atoms with Gasteiger partial charge in [0.1, 0.15) is 5.82 Å². The Kier molecular flexibility index (Phi) is 7.80. The van der Waals surface area contributed by atoms with Crippen LogP contribution in [0, 0.1) is 5.82 Å². The summed E-state index contributed by atoms with van der Waals surface area (Å²) in [6.45, 7) is 4.55. The molecule has 0 bridgehead atoms. The summed E-state index contributed by atoms with van der Waals surface area (Å²) >= 11 is 0. The molecule has 2 amide bonds. The number of rotatable bonds is 9. The molecule has 7 heteroatoms. The van der Waals surface area contributed by atoms with Crippen LogP contribution in [0.3, 0.4) is 0 Å². The molecule has 2 aromatic rings.